The first kappa shape index (κ1) is 15.1. The summed E-state index contributed by atoms with van der Waals surface area (Å²) in [6, 6.07) is 6.12. The highest BCUT2D eigenvalue weighted by Gasteiger charge is 2.22. The van der Waals surface area contributed by atoms with E-state index in [1.807, 2.05) is 25.1 Å². The number of hydrogen-bond donors (Lipinski definition) is 1. The maximum atomic E-state index is 5.89. The summed E-state index contributed by atoms with van der Waals surface area (Å²) in [6.45, 7) is 4.67. The molecule has 3 atom stereocenters. The number of methoxy groups -OCH3 is 1. The van der Waals surface area contributed by atoms with Gasteiger partial charge in [-0.1, -0.05) is 6.07 Å². The van der Waals surface area contributed by atoms with Gasteiger partial charge in [-0.2, -0.15) is 0 Å². The molecule has 4 heteroatoms. The van der Waals surface area contributed by atoms with Crippen LogP contribution in [0.3, 0.4) is 0 Å². The van der Waals surface area contributed by atoms with Gasteiger partial charge in [0.05, 0.1) is 19.3 Å². The number of ether oxygens (including phenoxy) is 3. The summed E-state index contributed by atoms with van der Waals surface area (Å²) in [5, 5.41) is 0. The first-order valence-corrected chi connectivity index (χ1v) is 7.29. The van der Waals surface area contributed by atoms with Gasteiger partial charge in [-0.15, -0.1) is 0 Å². The Hall–Kier alpha value is -1.26. The minimum atomic E-state index is 0.134. The predicted octanol–water partition coefficient (Wildman–Crippen LogP) is 2.53. The molecule has 0 aliphatic carbocycles. The quantitative estimate of drug-likeness (QED) is 0.869. The molecule has 1 fully saturated rings. The van der Waals surface area contributed by atoms with Crippen molar-refractivity contribution in [2.75, 3.05) is 13.7 Å². The summed E-state index contributed by atoms with van der Waals surface area (Å²) < 4.78 is 17.0. The molecular formula is C16H25NO3. The minimum Gasteiger partial charge on any atom is -0.493 e. The second-order valence-electron chi connectivity index (χ2n) is 5.62. The van der Waals surface area contributed by atoms with Crippen LogP contribution < -0.4 is 15.2 Å². The third kappa shape index (κ3) is 4.12. The Morgan fingerprint density at radius 3 is 2.75 bits per heavy atom. The SMILES string of the molecule is COc1ccc(CC(C)N)cc1OCC1CCC(C)O1. The lowest BCUT2D eigenvalue weighted by molar-refractivity contribution is 0.0259. The summed E-state index contributed by atoms with van der Waals surface area (Å²) in [5.41, 5.74) is 7.01. The predicted molar refractivity (Wildman–Crippen MR) is 79.4 cm³/mol. The molecule has 1 heterocycles. The maximum absolute atomic E-state index is 5.89. The van der Waals surface area contributed by atoms with Gasteiger partial charge >= 0.3 is 0 Å². The van der Waals surface area contributed by atoms with E-state index in [1.54, 1.807) is 7.11 Å². The van der Waals surface area contributed by atoms with Crippen molar-refractivity contribution >= 4 is 0 Å². The van der Waals surface area contributed by atoms with Gasteiger partial charge < -0.3 is 19.9 Å². The Balaban J connectivity index is 2.00. The summed E-state index contributed by atoms with van der Waals surface area (Å²) >= 11 is 0. The van der Waals surface area contributed by atoms with Crippen LogP contribution in [-0.4, -0.2) is 32.0 Å². The highest BCUT2D eigenvalue weighted by atomic mass is 16.6. The first-order chi connectivity index (χ1) is 9.58. The third-order valence-corrected chi connectivity index (χ3v) is 3.53. The average molecular weight is 279 g/mol. The normalized spacial score (nSPS) is 23.6. The molecular weight excluding hydrogens is 254 g/mol. The van der Waals surface area contributed by atoms with E-state index in [-0.39, 0.29) is 12.1 Å². The summed E-state index contributed by atoms with van der Waals surface area (Å²) in [6.07, 6.45) is 3.53. The number of benzene rings is 1. The topological polar surface area (TPSA) is 53.7 Å². The molecule has 20 heavy (non-hydrogen) atoms. The van der Waals surface area contributed by atoms with Gasteiger partial charge in [0.1, 0.15) is 6.61 Å². The van der Waals surface area contributed by atoms with Crippen molar-refractivity contribution in [2.24, 2.45) is 5.73 Å². The Labute approximate surface area is 121 Å². The van der Waals surface area contributed by atoms with Crippen LogP contribution in [0.15, 0.2) is 18.2 Å². The fraction of sp³-hybridized carbons (Fsp3) is 0.625. The highest BCUT2D eigenvalue weighted by molar-refractivity contribution is 5.43. The Kier molecular flexibility index (Phi) is 5.26. The molecule has 1 aliphatic heterocycles. The molecule has 4 nitrogen and oxygen atoms in total. The van der Waals surface area contributed by atoms with Gasteiger partial charge in [-0.25, -0.2) is 0 Å². The molecule has 0 amide bonds. The average Bonchev–Trinajstić information content (AvgIpc) is 2.82. The monoisotopic (exact) mass is 279 g/mol. The van der Waals surface area contributed by atoms with E-state index < -0.39 is 0 Å². The number of hydrogen-bond acceptors (Lipinski definition) is 4. The van der Waals surface area contributed by atoms with E-state index in [9.17, 15) is 0 Å². The number of rotatable bonds is 6. The van der Waals surface area contributed by atoms with E-state index in [0.717, 1.165) is 36.3 Å². The smallest absolute Gasteiger partial charge is 0.161 e. The number of nitrogens with two attached hydrogens (primary N) is 1. The zero-order valence-electron chi connectivity index (χ0n) is 12.6. The highest BCUT2D eigenvalue weighted by Crippen LogP contribution is 2.29. The van der Waals surface area contributed by atoms with Crippen molar-refractivity contribution in [3.05, 3.63) is 23.8 Å². The van der Waals surface area contributed by atoms with Crippen molar-refractivity contribution in [1.29, 1.82) is 0 Å². The molecule has 2 N–H and O–H groups in total. The lowest BCUT2D eigenvalue weighted by Gasteiger charge is -2.16. The first-order valence-electron chi connectivity index (χ1n) is 7.29. The van der Waals surface area contributed by atoms with Crippen LogP contribution in [0.25, 0.3) is 0 Å². The third-order valence-electron chi connectivity index (χ3n) is 3.53. The largest absolute Gasteiger partial charge is 0.493 e. The van der Waals surface area contributed by atoms with Crippen LogP contribution in [0.2, 0.25) is 0 Å². The maximum Gasteiger partial charge on any atom is 0.161 e. The molecule has 112 valence electrons. The second kappa shape index (κ2) is 6.95. The Morgan fingerprint density at radius 2 is 2.15 bits per heavy atom. The summed E-state index contributed by atoms with van der Waals surface area (Å²) in [4.78, 5) is 0. The summed E-state index contributed by atoms with van der Waals surface area (Å²) in [5.74, 6) is 1.53. The van der Waals surface area contributed by atoms with Crippen LogP contribution in [0.4, 0.5) is 0 Å². The molecule has 0 bridgehead atoms. The lowest BCUT2D eigenvalue weighted by atomic mass is 10.1. The van der Waals surface area contributed by atoms with Gasteiger partial charge in [0.15, 0.2) is 11.5 Å². The van der Waals surface area contributed by atoms with Crippen LogP contribution in [-0.2, 0) is 11.2 Å². The Bertz CT molecular complexity index is 434. The molecule has 0 aromatic heterocycles. The minimum absolute atomic E-state index is 0.134. The zero-order chi connectivity index (χ0) is 14.5. The van der Waals surface area contributed by atoms with Crippen molar-refractivity contribution in [1.82, 2.24) is 0 Å². The van der Waals surface area contributed by atoms with Gasteiger partial charge in [0, 0.05) is 6.04 Å². The van der Waals surface area contributed by atoms with Crippen molar-refractivity contribution in [2.45, 2.75) is 51.4 Å². The standard InChI is InChI=1S/C16H25NO3/c1-11(17)8-13-5-7-15(18-3)16(9-13)19-10-14-6-4-12(2)20-14/h5,7,9,11-12,14H,4,6,8,10,17H2,1-3H3. The fourth-order valence-corrected chi connectivity index (χ4v) is 2.52. The molecule has 0 saturated carbocycles. The van der Waals surface area contributed by atoms with Gasteiger partial charge in [0.25, 0.3) is 0 Å². The van der Waals surface area contributed by atoms with Crippen molar-refractivity contribution < 1.29 is 14.2 Å². The molecule has 0 spiro atoms. The van der Waals surface area contributed by atoms with E-state index in [2.05, 4.69) is 6.92 Å². The lowest BCUT2D eigenvalue weighted by Crippen LogP contribution is -2.19. The van der Waals surface area contributed by atoms with Crippen LogP contribution >= 0.6 is 0 Å². The van der Waals surface area contributed by atoms with Gasteiger partial charge in [-0.3, -0.25) is 0 Å². The van der Waals surface area contributed by atoms with Crippen molar-refractivity contribution in [3.63, 3.8) is 0 Å². The molecule has 1 saturated heterocycles. The van der Waals surface area contributed by atoms with Crippen LogP contribution in [0, 0.1) is 0 Å². The Morgan fingerprint density at radius 1 is 1.35 bits per heavy atom. The second-order valence-corrected chi connectivity index (χ2v) is 5.62. The zero-order valence-corrected chi connectivity index (χ0v) is 12.6. The van der Waals surface area contributed by atoms with E-state index in [4.69, 9.17) is 19.9 Å². The molecule has 1 aliphatic rings. The molecule has 2 rings (SSSR count). The fourth-order valence-electron chi connectivity index (χ4n) is 2.52. The van der Waals surface area contributed by atoms with Gasteiger partial charge in [-0.05, 0) is 50.8 Å². The molecule has 1 aromatic carbocycles. The molecule has 3 unspecified atom stereocenters. The van der Waals surface area contributed by atoms with Crippen LogP contribution in [0.1, 0.15) is 32.3 Å². The van der Waals surface area contributed by atoms with E-state index in [0.29, 0.717) is 12.7 Å². The van der Waals surface area contributed by atoms with Crippen molar-refractivity contribution in [3.8, 4) is 11.5 Å². The van der Waals surface area contributed by atoms with Crippen LogP contribution in [0.5, 0.6) is 11.5 Å². The van der Waals surface area contributed by atoms with Gasteiger partial charge in [0.2, 0.25) is 0 Å². The van der Waals surface area contributed by atoms with E-state index >= 15 is 0 Å². The summed E-state index contributed by atoms with van der Waals surface area (Å²) in [7, 11) is 1.65. The molecule has 0 radical (unpaired) electrons. The molecule has 1 aromatic rings. The van der Waals surface area contributed by atoms with E-state index in [1.165, 1.54) is 0 Å².